The number of hydrogen-bond donors (Lipinski definition) is 1. The normalized spacial score (nSPS) is 11.1. The van der Waals surface area contributed by atoms with Gasteiger partial charge in [-0.3, -0.25) is 9.59 Å². The molecule has 2 rings (SSSR count). The summed E-state index contributed by atoms with van der Waals surface area (Å²) >= 11 is 0. The van der Waals surface area contributed by atoms with Crippen molar-refractivity contribution in [2.24, 2.45) is 0 Å². The van der Waals surface area contributed by atoms with E-state index in [1.165, 1.54) is 5.56 Å². The molecular weight excluding hydrogens is 336 g/mol. The number of carbonyl (C=O) groups is 2. The number of nitrogens with one attached hydrogen (secondary N) is 1. The van der Waals surface area contributed by atoms with Crippen molar-refractivity contribution in [2.45, 2.75) is 52.9 Å². The summed E-state index contributed by atoms with van der Waals surface area (Å²) in [4.78, 5) is 26.3. The fourth-order valence-electron chi connectivity index (χ4n) is 3.05. The predicted molar refractivity (Wildman–Crippen MR) is 112 cm³/mol. The summed E-state index contributed by atoms with van der Waals surface area (Å²) in [5, 5.41) is 2.91. The van der Waals surface area contributed by atoms with Gasteiger partial charge in [0.1, 0.15) is 0 Å². The number of hydrogen-bond acceptors (Lipinski definition) is 2. The Labute approximate surface area is 162 Å². The van der Waals surface area contributed by atoms with Crippen molar-refractivity contribution in [3.63, 3.8) is 0 Å². The zero-order chi connectivity index (χ0) is 20.0. The van der Waals surface area contributed by atoms with Crippen LogP contribution in [-0.4, -0.2) is 18.4 Å². The van der Waals surface area contributed by atoms with E-state index in [1.807, 2.05) is 48.5 Å². The number of anilines is 2. The van der Waals surface area contributed by atoms with E-state index in [2.05, 4.69) is 33.0 Å². The molecule has 2 aromatic carbocycles. The maximum Gasteiger partial charge on any atom is 0.226 e. The van der Waals surface area contributed by atoms with Gasteiger partial charge in [0.15, 0.2) is 0 Å². The Morgan fingerprint density at radius 3 is 2.19 bits per heavy atom. The highest BCUT2D eigenvalue weighted by molar-refractivity contribution is 5.95. The standard InChI is InChI=1S/C23H30N2O2/c1-6-18-11-13-19(14-12-18)24-22(27)15-16-25(17(2)26)21-10-8-7-9-20(21)23(3,4)5/h7-14H,6,15-16H2,1-5H3,(H,24,27). The largest absolute Gasteiger partial charge is 0.326 e. The lowest BCUT2D eigenvalue weighted by Gasteiger charge is -2.29. The lowest BCUT2D eigenvalue weighted by atomic mass is 9.85. The minimum atomic E-state index is -0.0984. The SMILES string of the molecule is CCc1ccc(NC(=O)CCN(C(C)=O)c2ccccc2C(C)(C)C)cc1. The Morgan fingerprint density at radius 1 is 1.00 bits per heavy atom. The Morgan fingerprint density at radius 2 is 1.63 bits per heavy atom. The average Bonchev–Trinajstić information content (AvgIpc) is 2.62. The first-order valence-corrected chi connectivity index (χ1v) is 9.48. The fraction of sp³-hybridized carbons (Fsp3) is 0.391. The van der Waals surface area contributed by atoms with Crippen LogP contribution in [0, 0.1) is 0 Å². The van der Waals surface area contributed by atoms with Gasteiger partial charge < -0.3 is 10.2 Å². The van der Waals surface area contributed by atoms with Crippen LogP contribution in [-0.2, 0) is 21.4 Å². The highest BCUT2D eigenvalue weighted by Gasteiger charge is 2.23. The molecule has 0 spiro atoms. The number of benzene rings is 2. The predicted octanol–water partition coefficient (Wildman–Crippen LogP) is 4.93. The van der Waals surface area contributed by atoms with Gasteiger partial charge in [-0.2, -0.15) is 0 Å². The van der Waals surface area contributed by atoms with Gasteiger partial charge in [0.05, 0.1) is 0 Å². The van der Waals surface area contributed by atoms with Gasteiger partial charge in [0, 0.05) is 31.3 Å². The smallest absolute Gasteiger partial charge is 0.226 e. The topological polar surface area (TPSA) is 49.4 Å². The van der Waals surface area contributed by atoms with Crippen molar-refractivity contribution in [2.75, 3.05) is 16.8 Å². The van der Waals surface area contributed by atoms with Crippen molar-refractivity contribution < 1.29 is 9.59 Å². The highest BCUT2D eigenvalue weighted by atomic mass is 16.2. The number of amides is 2. The number of nitrogens with zero attached hydrogens (tertiary/aromatic N) is 1. The molecule has 4 heteroatoms. The van der Waals surface area contributed by atoms with Crippen molar-refractivity contribution in [1.29, 1.82) is 0 Å². The van der Waals surface area contributed by atoms with Crippen LogP contribution in [0.15, 0.2) is 48.5 Å². The maximum absolute atomic E-state index is 12.4. The molecule has 0 saturated carbocycles. The van der Waals surface area contributed by atoms with E-state index in [4.69, 9.17) is 0 Å². The molecule has 0 heterocycles. The minimum absolute atomic E-state index is 0.0631. The molecule has 0 radical (unpaired) electrons. The van der Waals surface area contributed by atoms with Gasteiger partial charge in [0.25, 0.3) is 0 Å². The van der Waals surface area contributed by atoms with Crippen molar-refractivity contribution in [1.82, 2.24) is 0 Å². The molecule has 4 nitrogen and oxygen atoms in total. The maximum atomic E-state index is 12.4. The van der Waals surface area contributed by atoms with Gasteiger partial charge in [0.2, 0.25) is 11.8 Å². The molecule has 0 aliphatic heterocycles. The quantitative estimate of drug-likeness (QED) is 0.788. The number of para-hydroxylation sites is 1. The second kappa shape index (κ2) is 8.85. The number of carbonyl (C=O) groups excluding carboxylic acids is 2. The second-order valence-corrected chi connectivity index (χ2v) is 7.79. The van der Waals surface area contributed by atoms with Crippen LogP contribution >= 0.6 is 0 Å². The summed E-state index contributed by atoms with van der Waals surface area (Å²) < 4.78 is 0. The summed E-state index contributed by atoms with van der Waals surface area (Å²) in [6.07, 6.45) is 1.21. The molecule has 0 aliphatic rings. The van der Waals surface area contributed by atoms with E-state index in [0.717, 1.165) is 23.4 Å². The van der Waals surface area contributed by atoms with E-state index in [-0.39, 0.29) is 23.7 Å². The Bertz CT molecular complexity index is 789. The summed E-state index contributed by atoms with van der Waals surface area (Å²) in [6, 6.07) is 15.7. The average molecular weight is 367 g/mol. The molecular formula is C23H30N2O2. The van der Waals surface area contributed by atoms with E-state index < -0.39 is 0 Å². The Kier molecular flexibility index (Phi) is 6.78. The van der Waals surface area contributed by atoms with Crippen LogP contribution in [0.2, 0.25) is 0 Å². The molecule has 0 unspecified atom stereocenters. The molecule has 2 amide bonds. The van der Waals surface area contributed by atoms with Crippen LogP contribution in [0.5, 0.6) is 0 Å². The highest BCUT2D eigenvalue weighted by Crippen LogP contribution is 2.32. The monoisotopic (exact) mass is 366 g/mol. The van der Waals surface area contributed by atoms with Crippen LogP contribution in [0.1, 0.15) is 52.2 Å². The zero-order valence-corrected chi connectivity index (χ0v) is 17.0. The Hall–Kier alpha value is -2.62. The van der Waals surface area contributed by atoms with E-state index >= 15 is 0 Å². The Balaban J connectivity index is 2.09. The third kappa shape index (κ3) is 5.68. The summed E-state index contributed by atoms with van der Waals surface area (Å²) in [5.74, 6) is -0.162. The number of rotatable bonds is 6. The molecule has 1 N–H and O–H groups in total. The van der Waals surface area contributed by atoms with E-state index in [1.54, 1.807) is 11.8 Å². The zero-order valence-electron chi connectivity index (χ0n) is 17.0. The molecule has 0 fully saturated rings. The summed E-state index contributed by atoms with van der Waals surface area (Å²) in [6.45, 7) is 10.4. The molecule has 0 aromatic heterocycles. The first-order chi connectivity index (χ1) is 12.7. The first-order valence-electron chi connectivity index (χ1n) is 9.48. The van der Waals surface area contributed by atoms with E-state index in [9.17, 15) is 9.59 Å². The lowest BCUT2D eigenvalue weighted by molar-refractivity contribution is -0.117. The first kappa shape index (κ1) is 20.7. The molecule has 2 aromatic rings. The van der Waals surface area contributed by atoms with Gasteiger partial charge >= 0.3 is 0 Å². The summed E-state index contributed by atoms with van der Waals surface area (Å²) in [7, 11) is 0. The van der Waals surface area contributed by atoms with Crippen LogP contribution in [0.25, 0.3) is 0 Å². The third-order valence-electron chi connectivity index (χ3n) is 4.59. The van der Waals surface area contributed by atoms with Gasteiger partial charge in [-0.15, -0.1) is 0 Å². The molecule has 0 atom stereocenters. The van der Waals surface area contributed by atoms with Crippen LogP contribution in [0.3, 0.4) is 0 Å². The number of aryl methyl sites for hydroxylation is 1. The summed E-state index contributed by atoms with van der Waals surface area (Å²) in [5.41, 5.74) is 3.89. The minimum Gasteiger partial charge on any atom is -0.326 e. The van der Waals surface area contributed by atoms with Gasteiger partial charge in [-0.05, 0) is 41.2 Å². The van der Waals surface area contributed by atoms with Crippen molar-refractivity contribution >= 4 is 23.2 Å². The van der Waals surface area contributed by atoms with Gasteiger partial charge in [-0.25, -0.2) is 0 Å². The van der Waals surface area contributed by atoms with Gasteiger partial charge in [-0.1, -0.05) is 58.0 Å². The molecule has 144 valence electrons. The molecule has 0 saturated heterocycles. The molecule has 0 bridgehead atoms. The lowest BCUT2D eigenvalue weighted by Crippen LogP contribution is -2.34. The third-order valence-corrected chi connectivity index (χ3v) is 4.59. The van der Waals surface area contributed by atoms with Crippen molar-refractivity contribution in [3.8, 4) is 0 Å². The van der Waals surface area contributed by atoms with Crippen molar-refractivity contribution in [3.05, 3.63) is 59.7 Å². The second-order valence-electron chi connectivity index (χ2n) is 7.79. The molecule has 0 aliphatic carbocycles. The molecule has 27 heavy (non-hydrogen) atoms. The van der Waals surface area contributed by atoms with Crippen LogP contribution in [0.4, 0.5) is 11.4 Å². The van der Waals surface area contributed by atoms with E-state index in [0.29, 0.717) is 6.54 Å². The fourth-order valence-corrected chi connectivity index (χ4v) is 3.05. The van der Waals surface area contributed by atoms with Crippen LogP contribution < -0.4 is 10.2 Å².